The van der Waals surface area contributed by atoms with E-state index in [9.17, 15) is 4.79 Å². The Hall–Kier alpha value is -2.51. The lowest BCUT2D eigenvalue weighted by Gasteiger charge is -2.28. The van der Waals surface area contributed by atoms with E-state index in [0.29, 0.717) is 10.1 Å². The molecule has 2 fully saturated rings. The van der Waals surface area contributed by atoms with E-state index >= 15 is 0 Å². The van der Waals surface area contributed by atoms with Crippen molar-refractivity contribution in [3.05, 3.63) is 53.3 Å². The van der Waals surface area contributed by atoms with Gasteiger partial charge in [0.15, 0.2) is 5.17 Å². The zero-order chi connectivity index (χ0) is 17.9. The number of carbonyl (C=O) groups is 1. The van der Waals surface area contributed by atoms with Gasteiger partial charge in [0, 0.05) is 31.4 Å². The van der Waals surface area contributed by atoms with Crippen LogP contribution in [-0.2, 0) is 9.53 Å². The third kappa shape index (κ3) is 3.54. The molecule has 2 saturated heterocycles. The highest BCUT2D eigenvalue weighted by atomic mass is 32.2. The predicted octanol–water partition coefficient (Wildman–Crippen LogP) is 3.35. The van der Waals surface area contributed by atoms with Crippen molar-refractivity contribution in [2.24, 2.45) is 4.99 Å². The van der Waals surface area contributed by atoms with E-state index in [2.05, 4.69) is 22.0 Å². The van der Waals surface area contributed by atoms with Crippen molar-refractivity contribution >= 4 is 40.3 Å². The number of thioether (sulfide) groups is 1. The van der Waals surface area contributed by atoms with Gasteiger partial charge in [0.2, 0.25) is 0 Å². The van der Waals surface area contributed by atoms with E-state index in [1.54, 1.807) is 24.5 Å². The summed E-state index contributed by atoms with van der Waals surface area (Å²) in [5, 5.41) is 0.670. The molecule has 2 aliphatic heterocycles. The van der Waals surface area contributed by atoms with Crippen LogP contribution in [-0.4, -0.2) is 49.3 Å². The van der Waals surface area contributed by atoms with Crippen LogP contribution in [0.5, 0.6) is 0 Å². The maximum Gasteiger partial charge on any atom is 0.266 e. The summed E-state index contributed by atoms with van der Waals surface area (Å²) in [4.78, 5) is 21.5. The fourth-order valence-electron chi connectivity index (χ4n) is 2.83. The van der Waals surface area contributed by atoms with Crippen molar-refractivity contribution in [1.29, 1.82) is 0 Å². The summed E-state index contributed by atoms with van der Waals surface area (Å²) in [7, 11) is 1.74. The zero-order valence-electron chi connectivity index (χ0n) is 14.4. The van der Waals surface area contributed by atoms with Crippen molar-refractivity contribution in [2.75, 3.05) is 38.3 Å². The molecule has 0 N–H and O–H groups in total. The van der Waals surface area contributed by atoms with Crippen molar-refractivity contribution < 1.29 is 13.9 Å². The largest absolute Gasteiger partial charge is 0.472 e. The molecule has 2 aliphatic rings. The third-order valence-corrected chi connectivity index (χ3v) is 5.36. The molecule has 4 rings (SSSR count). The Bertz CT molecular complexity index is 837. The number of furan rings is 1. The Morgan fingerprint density at radius 2 is 1.92 bits per heavy atom. The first kappa shape index (κ1) is 16.9. The van der Waals surface area contributed by atoms with E-state index in [1.165, 1.54) is 17.4 Å². The normalized spacial score (nSPS) is 21.2. The van der Waals surface area contributed by atoms with Crippen molar-refractivity contribution in [3.8, 4) is 0 Å². The number of hydrogen-bond acceptors (Lipinski definition) is 6. The number of aliphatic imine (C=N–C) groups is 1. The van der Waals surface area contributed by atoms with E-state index in [4.69, 9.17) is 9.15 Å². The van der Waals surface area contributed by atoms with Gasteiger partial charge in [0.05, 0.1) is 36.3 Å². The predicted molar refractivity (Wildman–Crippen MR) is 104 cm³/mol. The Balaban J connectivity index is 1.51. The molecule has 6 nitrogen and oxygen atoms in total. The van der Waals surface area contributed by atoms with Gasteiger partial charge < -0.3 is 14.1 Å². The second-order valence-electron chi connectivity index (χ2n) is 6.04. The molecule has 1 amide bonds. The summed E-state index contributed by atoms with van der Waals surface area (Å²) >= 11 is 1.37. The standard InChI is InChI=1S/C19H19N3O3S/c1-21-18(23)17(12-14-6-9-25-13-14)26-19(21)20-15-2-4-16(5-3-15)22-7-10-24-11-8-22/h2-6,9,12-13H,7-8,10-11H2,1H3/b17-12-,20-19?. The molecule has 0 atom stereocenters. The third-order valence-electron chi connectivity index (χ3n) is 4.30. The average molecular weight is 369 g/mol. The molecule has 26 heavy (non-hydrogen) atoms. The fraction of sp³-hybridized carbons (Fsp3) is 0.263. The first-order valence-corrected chi connectivity index (χ1v) is 9.23. The van der Waals surface area contributed by atoms with Crippen LogP contribution in [0.1, 0.15) is 5.56 Å². The van der Waals surface area contributed by atoms with Crippen LogP contribution in [0, 0.1) is 0 Å². The number of likely N-dealkylation sites (N-methyl/N-ethyl adjacent to an activating group) is 1. The number of amides is 1. The van der Waals surface area contributed by atoms with Gasteiger partial charge in [0.1, 0.15) is 0 Å². The van der Waals surface area contributed by atoms with Gasteiger partial charge in [-0.3, -0.25) is 9.69 Å². The van der Waals surface area contributed by atoms with Crippen LogP contribution < -0.4 is 4.90 Å². The van der Waals surface area contributed by atoms with Gasteiger partial charge in [-0.05, 0) is 48.2 Å². The maximum absolute atomic E-state index is 12.4. The minimum atomic E-state index is -0.0557. The van der Waals surface area contributed by atoms with Crippen LogP contribution in [0.3, 0.4) is 0 Å². The zero-order valence-corrected chi connectivity index (χ0v) is 15.2. The van der Waals surface area contributed by atoms with Crippen LogP contribution in [0.25, 0.3) is 6.08 Å². The number of hydrogen-bond donors (Lipinski definition) is 0. The molecule has 0 saturated carbocycles. The topological polar surface area (TPSA) is 58.3 Å². The van der Waals surface area contributed by atoms with Crippen molar-refractivity contribution in [2.45, 2.75) is 0 Å². The molecule has 1 aromatic heterocycles. The van der Waals surface area contributed by atoms with Crippen molar-refractivity contribution in [3.63, 3.8) is 0 Å². The molecule has 3 heterocycles. The number of rotatable bonds is 3. The second kappa shape index (κ2) is 7.39. The molecule has 2 aromatic rings. The lowest BCUT2D eigenvalue weighted by molar-refractivity contribution is -0.121. The number of anilines is 1. The minimum Gasteiger partial charge on any atom is -0.472 e. The lowest BCUT2D eigenvalue weighted by Crippen LogP contribution is -2.36. The summed E-state index contributed by atoms with van der Waals surface area (Å²) in [6, 6.07) is 9.91. The number of benzene rings is 1. The smallest absolute Gasteiger partial charge is 0.266 e. The highest BCUT2D eigenvalue weighted by molar-refractivity contribution is 8.18. The molecule has 0 bridgehead atoms. The van der Waals surface area contributed by atoms with Crippen LogP contribution in [0.2, 0.25) is 0 Å². The molecule has 0 aliphatic carbocycles. The number of amidine groups is 1. The van der Waals surface area contributed by atoms with Gasteiger partial charge in [-0.2, -0.15) is 0 Å². The SMILES string of the molecule is CN1C(=O)/C(=C/c2ccoc2)SC1=Nc1ccc(N2CCOCC2)cc1. The quantitative estimate of drug-likeness (QED) is 0.777. The van der Waals surface area contributed by atoms with Crippen LogP contribution in [0.4, 0.5) is 11.4 Å². The Morgan fingerprint density at radius 1 is 1.15 bits per heavy atom. The maximum atomic E-state index is 12.4. The van der Waals surface area contributed by atoms with E-state index in [-0.39, 0.29) is 5.91 Å². The van der Waals surface area contributed by atoms with Gasteiger partial charge in [-0.25, -0.2) is 4.99 Å². The van der Waals surface area contributed by atoms with E-state index in [0.717, 1.165) is 37.6 Å². The lowest BCUT2D eigenvalue weighted by atomic mass is 10.2. The number of carbonyl (C=O) groups excluding carboxylic acids is 1. The van der Waals surface area contributed by atoms with E-state index in [1.807, 2.05) is 24.3 Å². The highest BCUT2D eigenvalue weighted by Gasteiger charge is 2.30. The Labute approximate surface area is 156 Å². The molecule has 0 radical (unpaired) electrons. The molecular formula is C19H19N3O3S. The number of morpholine rings is 1. The van der Waals surface area contributed by atoms with Crippen LogP contribution >= 0.6 is 11.8 Å². The summed E-state index contributed by atoms with van der Waals surface area (Å²) < 4.78 is 10.4. The molecule has 0 spiro atoms. The molecule has 1 aromatic carbocycles. The van der Waals surface area contributed by atoms with Gasteiger partial charge >= 0.3 is 0 Å². The fourth-order valence-corrected chi connectivity index (χ4v) is 3.82. The summed E-state index contributed by atoms with van der Waals surface area (Å²) in [5.74, 6) is -0.0557. The number of nitrogens with zero attached hydrogens (tertiary/aromatic N) is 3. The second-order valence-corrected chi connectivity index (χ2v) is 7.05. The van der Waals surface area contributed by atoms with Crippen molar-refractivity contribution in [1.82, 2.24) is 4.90 Å². The van der Waals surface area contributed by atoms with E-state index < -0.39 is 0 Å². The highest BCUT2D eigenvalue weighted by Crippen LogP contribution is 2.33. The monoisotopic (exact) mass is 369 g/mol. The van der Waals surface area contributed by atoms with Gasteiger partial charge in [0.25, 0.3) is 5.91 Å². The first-order valence-electron chi connectivity index (χ1n) is 8.42. The molecule has 134 valence electrons. The number of ether oxygens (including phenoxy) is 1. The van der Waals surface area contributed by atoms with Crippen LogP contribution in [0.15, 0.2) is 57.2 Å². The summed E-state index contributed by atoms with van der Waals surface area (Å²) in [6.07, 6.45) is 5.02. The minimum absolute atomic E-state index is 0.0557. The summed E-state index contributed by atoms with van der Waals surface area (Å²) in [6.45, 7) is 3.34. The molecular weight excluding hydrogens is 350 g/mol. The molecule has 0 unspecified atom stereocenters. The Morgan fingerprint density at radius 3 is 2.62 bits per heavy atom. The Kier molecular flexibility index (Phi) is 4.81. The first-order chi connectivity index (χ1) is 12.7. The molecule has 7 heteroatoms. The average Bonchev–Trinajstić information content (AvgIpc) is 3.28. The van der Waals surface area contributed by atoms with Gasteiger partial charge in [-0.15, -0.1) is 0 Å². The van der Waals surface area contributed by atoms with Gasteiger partial charge in [-0.1, -0.05) is 0 Å². The summed E-state index contributed by atoms with van der Waals surface area (Å²) in [5.41, 5.74) is 2.86.